The van der Waals surface area contributed by atoms with Crippen LogP contribution in [-0.2, 0) is 0 Å². The minimum absolute atomic E-state index is 0.0245. The SMILES string of the molecule is CNCC(C)CNC(=O)c1cccc(C)c1Br. The highest BCUT2D eigenvalue weighted by Crippen LogP contribution is 2.20. The van der Waals surface area contributed by atoms with Crippen LogP contribution in [0.1, 0.15) is 22.8 Å². The van der Waals surface area contributed by atoms with Crippen LogP contribution in [0.25, 0.3) is 0 Å². The number of carbonyl (C=O) groups excluding carboxylic acids is 1. The van der Waals surface area contributed by atoms with Crippen molar-refractivity contribution in [3.63, 3.8) is 0 Å². The zero-order valence-electron chi connectivity index (χ0n) is 10.5. The fourth-order valence-electron chi connectivity index (χ4n) is 1.61. The van der Waals surface area contributed by atoms with Crippen LogP contribution >= 0.6 is 15.9 Å². The number of rotatable bonds is 5. The average molecular weight is 299 g/mol. The summed E-state index contributed by atoms with van der Waals surface area (Å²) in [5.41, 5.74) is 1.77. The Bertz CT molecular complexity index is 393. The largest absolute Gasteiger partial charge is 0.352 e. The first kappa shape index (κ1) is 14.2. The minimum atomic E-state index is -0.0245. The Morgan fingerprint density at radius 3 is 2.76 bits per heavy atom. The molecule has 0 saturated heterocycles. The lowest BCUT2D eigenvalue weighted by molar-refractivity contribution is 0.0947. The first-order valence-electron chi connectivity index (χ1n) is 5.74. The lowest BCUT2D eigenvalue weighted by Gasteiger charge is -2.13. The molecule has 1 atom stereocenters. The number of amides is 1. The van der Waals surface area contributed by atoms with Gasteiger partial charge in [-0.15, -0.1) is 0 Å². The molecule has 17 heavy (non-hydrogen) atoms. The van der Waals surface area contributed by atoms with Crippen LogP contribution in [0.3, 0.4) is 0 Å². The number of hydrogen-bond donors (Lipinski definition) is 2. The van der Waals surface area contributed by atoms with Gasteiger partial charge in [-0.2, -0.15) is 0 Å². The molecule has 2 N–H and O–H groups in total. The lowest BCUT2D eigenvalue weighted by Crippen LogP contribution is -2.32. The Labute approximate surface area is 111 Å². The van der Waals surface area contributed by atoms with Crippen LogP contribution in [0, 0.1) is 12.8 Å². The molecule has 1 rings (SSSR count). The maximum atomic E-state index is 12.0. The topological polar surface area (TPSA) is 41.1 Å². The van der Waals surface area contributed by atoms with Gasteiger partial charge in [0.05, 0.1) is 5.56 Å². The summed E-state index contributed by atoms with van der Waals surface area (Å²) < 4.78 is 0.874. The molecule has 0 aliphatic rings. The number of carbonyl (C=O) groups is 1. The number of halogens is 1. The van der Waals surface area contributed by atoms with Gasteiger partial charge in [-0.1, -0.05) is 19.1 Å². The highest BCUT2D eigenvalue weighted by Gasteiger charge is 2.11. The molecule has 4 heteroatoms. The number of nitrogens with one attached hydrogen (secondary N) is 2. The summed E-state index contributed by atoms with van der Waals surface area (Å²) in [6.07, 6.45) is 0. The zero-order chi connectivity index (χ0) is 12.8. The quantitative estimate of drug-likeness (QED) is 0.876. The monoisotopic (exact) mass is 298 g/mol. The van der Waals surface area contributed by atoms with Gasteiger partial charge >= 0.3 is 0 Å². The predicted octanol–water partition coefficient (Wildman–Crippen LogP) is 2.34. The summed E-state index contributed by atoms with van der Waals surface area (Å²) in [5.74, 6) is 0.399. The Hall–Kier alpha value is -0.870. The molecule has 0 aliphatic carbocycles. The van der Waals surface area contributed by atoms with E-state index in [-0.39, 0.29) is 5.91 Å². The number of aryl methyl sites for hydroxylation is 1. The van der Waals surface area contributed by atoms with Gasteiger partial charge in [0, 0.05) is 11.0 Å². The van der Waals surface area contributed by atoms with E-state index in [4.69, 9.17) is 0 Å². The molecule has 1 amide bonds. The molecule has 0 fully saturated rings. The molecule has 0 bridgehead atoms. The van der Waals surface area contributed by atoms with Crippen molar-refractivity contribution < 1.29 is 4.79 Å². The van der Waals surface area contributed by atoms with Crippen molar-refractivity contribution in [1.82, 2.24) is 10.6 Å². The van der Waals surface area contributed by atoms with E-state index in [0.717, 1.165) is 16.6 Å². The van der Waals surface area contributed by atoms with E-state index < -0.39 is 0 Å². The maximum Gasteiger partial charge on any atom is 0.252 e. The summed E-state index contributed by atoms with van der Waals surface area (Å²) in [5, 5.41) is 6.03. The molecule has 0 spiro atoms. The molecule has 3 nitrogen and oxygen atoms in total. The number of benzene rings is 1. The van der Waals surface area contributed by atoms with Gasteiger partial charge in [-0.25, -0.2) is 0 Å². The fraction of sp³-hybridized carbons (Fsp3) is 0.462. The highest BCUT2D eigenvalue weighted by molar-refractivity contribution is 9.10. The molecule has 0 aliphatic heterocycles. The fourth-order valence-corrected chi connectivity index (χ4v) is 2.05. The van der Waals surface area contributed by atoms with Crippen LogP contribution in [0.15, 0.2) is 22.7 Å². The van der Waals surface area contributed by atoms with E-state index >= 15 is 0 Å². The second kappa shape index (κ2) is 6.77. The van der Waals surface area contributed by atoms with E-state index in [1.54, 1.807) is 0 Å². The van der Waals surface area contributed by atoms with Gasteiger partial charge in [0.1, 0.15) is 0 Å². The normalized spacial score (nSPS) is 12.2. The molecular weight excluding hydrogens is 280 g/mol. The van der Waals surface area contributed by atoms with Gasteiger partial charge in [0.15, 0.2) is 0 Å². The third-order valence-corrected chi connectivity index (χ3v) is 3.65. The van der Waals surface area contributed by atoms with Crippen molar-refractivity contribution >= 4 is 21.8 Å². The standard InChI is InChI=1S/C13H19BrN2O/c1-9(7-15-3)8-16-13(17)11-6-4-5-10(2)12(11)14/h4-6,9,15H,7-8H2,1-3H3,(H,16,17). The van der Waals surface area contributed by atoms with E-state index in [0.29, 0.717) is 18.0 Å². The molecule has 94 valence electrons. The van der Waals surface area contributed by atoms with E-state index in [1.165, 1.54) is 0 Å². The van der Waals surface area contributed by atoms with Crippen LogP contribution < -0.4 is 10.6 Å². The van der Waals surface area contributed by atoms with E-state index in [2.05, 4.69) is 33.5 Å². The van der Waals surface area contributed by atoms with Crippen molar-refractivity contribution in [1.29, 1.82) is 0 Å². The van der Waals surface area contributed by atoms with Crippen molar-refractivity contribution in [2.75, 3.05) is 20.1 Å². The third kappa shape index (κ3) is 4.13. The zero-order valence-corrected chi connectivity index (χ0v) is 12.1. The van der Waals surface area contributed by atoms with Crippen LogP contribution in [0.4, 0.5) is 0 Å². The van der Waals surface area contributed by atoms with Crippen molar-refractivity contribution in [3.05, 3.63) is 33.8 Å². The van der Waals surface area contributed by atoms with E-state index in [1.807, 2.05) is 32.2 Å². The van der Waals surface area contributed by atoms with Crippen LogP contribution in [0.2, 0.25) is 0 Å². The van der Waals surface area contributed by atoms with Gasteiger partial charge in [-0.05, 0) is 54.0 Å². The van der Waals surface area contributed by atoms with Crippen LogP contribution in [-0.4, -0.2) is 26.0 Å². The highest BCUT2D eigenvalue weighted by atomic mass is 79.9. The Morgan fingerprint density at radius 1 is 1.41 bits per heavy atom. The molecule has 0 radical (unpaired) electrons. The molecular formula is C13H19BrN2O. The maximum absolute atomic E-state index is 12.0. The average Bonchev–Trinajstić information content (AvgIpc) is 2.30. The molecule has 1 unspecified atom stereocenters. The van der Waals surface area contributed by atoms with Crippen molar-refractivity contribution in [2.45, 2.75) is 13.8 Å². The molecule has 1 aromatic carbocycles. The Balaban J connectivity index is 2.61. The summed E-state index contributed by atoms with van der Waals surface area (Å²) >= 11 is 3.45. The minimum Gasteiger partial charge on any atom is -0.352 e. The van der Waals surface area contributed by atoms with Gasteiger partial charge in [0.2, 0.25) is 0 Å². The first-order valence-corrected chi connectivity index (χ1v) is 6.53. The molecule has 0 aromatic heterocycles. The van der Waals surface area contributed by atoms with Gasteiger partial charge in [-0.3, -0.25) is 4.79 Å². The van der Waals surface area contributed by atoms with Crippen LogP contribution in [0.5, 0.6) is 0 Å². The molecule has 1 aromatic rings. The Kier molecular flexibility index (Phi) is 5.65. The predicted molar refractivity (Wildman–Crippen MR) is 74.3 cm³/mol. The second-order valence-electron chi connectivity index (χ2n) is 4.31. The lowest BCUT2D eigenvalue weighted by atomic mass is 10.1. The van der Waals surface area contributed by atoms with Crippen molar-refractivity contribution in [3.8, 4) is 0 Å². The summed E-state index contributed by atoms with van der Waals surface area (Å²) in [6, 6.07) is 5.70. The first-order chi connectivity index (χ1) is 8.06. The second-order valence-corrected chi connectivity index (χ2v) is 5.10. The molecule has 0 saturated carbocycles. The number of hydrogen-bond acceptors (Lipinski definition) is 2. The summed E-state index contributed by atoms with van der Waals surface area (Å²) in [6.45, 7) is 5.65. The third-order valence-electron chi connectivity index (χ3n) is 2.60. The van der Waals surface area contributed by atoms with Crippen molar-refractivity contribution in [2.24, 2.45) is 5.92 Å². The molecule has 0 heterocycles. The Morgan fingerprint density at radius 2 is 2.12 bits per heavy atom. The summed E-state index contributed by atoms with van der Waals surface area (Å²) in [7, 11) is 1.91. The van der Waals surface area contributed by atoms with Gasteiger partial charge < -0.3 is 10.6 Å². The summed E-state index contributed by atoms with van der Waals surface area (Å²) in [4.78, 5) is 12.0. The smallest absolute Gasteiger partial charge is 0.252 e. The van der Waals surface area contributed by atoms with E-state index in [9.17, 15) is 4.79 Å². The van der Waals surface area contributed by atoms with Gasteiger partial charge in [0.25, 0.3) is 5.91 Å².